The first-order chi connectivity index (χ1) is 12.5. The monoisotopic (exact) mass is 392 g/mol. The molecular formula is C19H17KN2O5. The van der Waals surface area contributed by atoms with Crippen molar-refractivity contribution in [3.63, 3.8) is 0 Å². The number of carbonyl (C=O) groups excluding carboxylic acids is 1. The second kappa shape index (κ2) is 9.29. The van der Waals surface area contributed by atoms with Crippen molar-refractivity contribution in [2.24, 2.45) is 0 Å². The zero-order valence-corrected chi connectivity index (χ0v) is 18.0. The molecule has 0 radical (unpaired) electrons. The van der Waals surface area contributed by atoms with Crippen LogP contribution in [0.5, 0.6) is 17.2 Å². The van der Waals surface area contributed by atoms with E-state index in [9.17, 15) is 14.7 Å². The predicted molar refractivity (Wildman–Crippen MR) is 95.7 cm³/mol. The first kappa shape index (κ1) is 21.3. The minimum atomic E-state index is -1.18. The summed E-state index contributed by atoms with van der Waals surface area (Å²) in [4.78, 5) is 26.7. The van der Waals surface area contributed by atoms with Gasteiger partial charge in [0.05, 0.1) is 0 Å². The average molecular weight is 392 g/mol. The number of aromatic hydroxyl groups is 1. The third kappa shape index (κ3) is 5.05. The number of hydrogen-bond donors (Lipinski definition) is 3. The van der Waals surface area contributed by atoms with E-state index in [0.717, 1.165) is 0 Å². The summed E-state index contributed by atoms with van der Waals surface area (Å²) in [6.07, 6.45) is 0. The number of aliphatic carboxylic acids is 1. The fourth-order valence-electron chi connectivity index (χ4n) is 2.52. The Morgan fingerprint density at radius 2 is 1.81 bits per heavy atom. The molecule has 3 aromatic rings. The van der Waals surface area contributed by atoms with Crippen LogP contribution < -0.4 is 61.4 Å². The number of para-hydroxylation sites is 1. The second-order valence-electron chi connectivity index (χ2n) is 5.59. The molecule has 0 atom stereocenters. The van der Waals surface area contributed by atoms with Gasteiger partial charge in [0.15, 0.2) is 11.4 Å². The van der Waals surface area contributed by atoms with Crippen LogP contribution in [0.3, 0.4) is 0 Å². The molecule has 2 aromatic carbocycles. The summed E-state index contributed by atoms with van der Waals surface area (Å²) < 4.78 is 5.77. The fraction of sp³-hybridized carbons (Fsp3) is 0.105. The van der Waals surface area contributed by atoms with Crippen molar-refractivity contribution in [1.29, 1.82) is 0 Å². The quantitative estimate of drug-likeness (QED) is 0.527. The molecule has 0 fully saturated rings. The number of hydrogen-bond acceptors (Lipinski definition) is 5. The van der Waals surface area contributed by atoms with Crippen molar-refractivity contribution in [2.45, 2.75) is 6.92 Å². The summed E-state index contributed by atoms with van der Waals surface area (Å²) >= 11 is 0. The largest absolute Gasteiger partial charge is 1.00 e. The maximum absolute atomic E-state index is 12.1. The average Bonchev–Trinajstić information content (AvgIpc) is 2.63. The van der Waals surface area contributed by atoms with Gasteiger partial charge in [-0.25, -0.2) is 4.98 Å². The summed E-state index contributed by atoms with van der Waals surface area (Å²) in [6.45, 7) is 1.14. The van der Waals surface area contributed by atoms with E-state index in [-0.39, 0.29) is 64.3 Å². The van der Waals surface area contributed by atoms with Gasteiger partial charge in [0.2, 0.25) is 0 Å². The molecule has 1 heterocycles. The van der Waals surface area contributed by atoms with E-state index in [4.69, 9.17) is 9.84 Å². The maximum Gasteiger partial charge on any atom is 1.00 e. The van der Waals surface area contributed by atoms with Crippen LogP contribution in [0.4, 0.5) is 0 Å². The van der Waals surface area contributed by atoms with Gasteiger partial charge in [-0.1, -0.05) is 18.2 Å². The van der Waals surface area contributed by atoms with Gasteiger partial charge in [0.1, 0.15) is 18.0 Å². The fourth-order valence-corrected chi connectivity index (χ4v) is 2.52. The van der Waals surface area contributed by atoms with Crippen LogP contribution >= 0.6 is 0 Å². The Morgan fingerprint density at radius 3 is 2.48 bits per heavy atom. The van der Waals surface area contributed by atoms with Crippen molar-refractivity contribution in [3.05, 3.63) is 59.9 Å². The van der Waals surface area contributed by atoms with Crippen LogP contribution in [-0.4, -0.2) is 33.6 Å². The molecule has 0 bridgehead atoms. The summed E-state index contributed by atoms with van der Waals surface area (Å²) in [5.74, 6) is -1.00. The Kier molecular flexibility index (Phi) is 7.34. The van der Waals surface area contributed by atoms with Crippen molar-refractivity contribution >= 4 is 22.6 Å². The van der Waals surface area contributed by atoms with Crippen LogP contribution in [0.1, 0.15) is 17.6 Å². The molecule has 1 aromatic heterocycles. The first-order valence-electron chi connectivity index (χ1n) is 7.82. The number of aryl methyl sites for hydroxylation is 1. The van der Waals surface area contributed by atoms with Gasteiger partial charge in [-0.3, -0.25) is 9.59 Å². The van der Waals surface area contributed by atoms with Gasteiger partial charge in [-0.2, -0.15) is 0 Å². The number of carbonyl (C=O) groups is 2. The summed E-state index contributed by atoms with van der Waals surface area (Å²) in [7, 11) is 0. The molecule has 7 nitrogen and oxygen atoms in total. The van der Waals surface area contributed by atoms with Gasteiger partial charge in [0.25, 0.3) is 5.91 Å². The van der Waals surface area contributed by atoms with Gasteiger partial charge in [-0.15, -0.1) is 0 Å². The van der Waals surface area contributed by atoms with Crippen molar-refractivity contribution in [3.8, 4) is 17.2 Å². The zero-order valence-electron chi connectivity index (χ0n) is 15.9. The molecule has 0 saturated heterocycles. The van der Waals surface area contributed by atoms with Gasteiger partial charge in [-0.05, 0) is 37.3 Å². The number of nitrogens with zero attached hydrogens (tertiary/aromatic N) is 1. The van der Waals surface area contributed by atoms with Crippen LogP contribution in [-0.2, 0) is 4.79 Å². The van der Waals surface area contributed by atoms with Crippen LogP contribution in [0.15, 0.2) is 48.5 Å². The number of carboxylic acid groups (broad SMARTS) is 1. The third-order valence-corrected chi connectivity index (χ3v) is 3.73. The number of benzene rings is 2. The molecule has 0 saturated carbocycles. The predicted octanol–water partition coefficient (Wildman–Crippen LogP) is -0.0280. The number of amides is 1. The molecule has 3 rings (SSSR count). The standard InChI is InChI=1S/C19H16N2O5.K.H/c1-11-15-9-13(26-12-5-3-2-4-6-12)7-8-14(15)18(24)17(21-11)19(25)20-10-16(22)23;;/h2-9,24H,10H2,1H3,(H,20,25)(H,22,23);;/q;+1;-1. The van der Waals surface area contributed by atoms with E-state index < -0.39 is 18.4 Å². The Morgan fingerprint density at radius 1 is 1.11 bits per heavy atom. The summed E-state index contributed by atoms with van der Waals surface area (Å²) in [6, 6.07) is 14.3. The van der Waals surface area contributed by atoms with Crippen molar-refractivity contribution in [2.75, 3.05) is 6.54 Å². The first-order valence-corrected chi connectivity index (χ1v) is 7.82. The number of fused-ring (bicyclic) bond motifs is 1. The minimum absolute atomic E-state index is 0. The molecule has 0 aliphatic carbocycles. The molecule has 0 unspecified atom stereocenters. The van der Waals surface area contributed by atoms with Crippen molar-refractivity contribution < 1.29 is 77.4 Å². The van der Waals surface area contributed by atoms with E-state index in [1.54, 1.807) is 25.1 Å². The minimum Gasteiger partial charge on any atom is -1.00 e. The number of ether oxygens (including phenoxy) is 1. The molecule has 0 aliphatic heterocycles. The molecule has 1 amide bonds. The van der Waals surface area contributed by atoms with Crippen LogP contribution in [0.25, 0.3) is 10.8 Å². The molecule has 8 heteroatoms. The van der Waals surface area contributed by atoms with E-state index in [1.165, 1.54) is 0 Å². The maximum atomic E-state index is 12.1. The van der Waals surface area contributed by atoms with Gasteiger partial charge in [0, 0.05) is 16.5 Å². The van der Waals surface area contributed by atoms with E-state index >= 15 is 0 Å². The van der Waals surface area contributed by atoms with Crippen molar-refractivity contribution in [1.82, 2.24) is 10.3 Å². The molecule has 3 N–H and O–H groups in total. The Balaban J connectivity index is 0.00000196. The van der Waals surface area contributed by atoms with E-state index in [1.807, 2.05) is 30.3 Å². The smallest absolute Gasteiger partial charge is 1.00 e. The number of rotatable bonds is 5. The second-order valence-corrected chi connectivity index (χ2v) is 5.59. The Labute approximate surface area is 199 Å². The molecule has 134 valence electrons. The topological polar surface area (TPSA) is 109 Å². The van der Waals surface area contributed by atoms with Crippen LogP contribution in [0, 0.1) is 6.92 Å². The van der Waals surface area contributed by atoms with Crippen LogP contribution in [0.2, 0.25) is 0 Å². The molecule has 0 spiro atoms. The Bertz CT molecular complexity index is 999. The van der Waals surface area contributed by atoms with Gasteiger partial charge < -0.3 is 21.7 Å². The SMILES string of the molecule is Cc1nc(C(=O)NCC(=O)O)c(O)c2ccc(Oc3ccccc3)cc12.[H-].[K+]. The summed E-state index contributed by atoms with van der Waals surface area (Å²) in [5, 5.41) is 22.3. The number of nitrogens with one attached hydrogen (secondary N) is 1. The summed E-state index contributed by atoms with van der Waals surface area (Å²) in [5.41, 5.74) is 0.296. The number of carboxylic acids is 1. The molecular weight excluding hydrogens is 375 g/mol. The Hall–Kier alpha value is -1.97. The van der Waals surface area contributed by atoms with E-state index in [0.29, 0.717) is 28.0 Å². The number of pyridine rings is 1. The molecule has 0 aliphatic rings. The van der Waals surface area contributed by atoms with E-state index in [2.05, 4.69) is 10.3 Å². The normalized spacial score (nSPS) is 10.1. The van der Waals surface area contributed by atoms with Gasteiger partial charge >= 0.3 is 57.4 Å². The zero-order chi connectivity index (χ0) is 18.7. The third-order valence-electron chi connectivity index (χ3n) is 3.73. The number of aromatic nitrogens is 1. The molecule has 27 heavy (non-hydrogen) atoms.